The molecular weight excluding hydrogens is 266 g/mol. The second-order valence-corrected chi connectivity index (χ2v) is 6.02. The molecule has 1 aliphatic heterocycles. The molecule has 112 valence electrons. The average molecular weight is 287 g/mol. The van der Waals surface area contributed by atoms with E-state index in [1.54, 1.807) is 6.33 Å². The highest BCUT2D eigenvalue weighted by Crippen LogP contribution is 2.17. The van der Waals surface area contributed by atoms with E-state index in [4.69, 9.17) is 0 Å². The first-order valence-electron chi connectivity index (χ1n) is 7.34. The van der Waals surface area contributed by atoms with Crippen molar-refractivity contribution in [2.24, 2.45) is 7.05 Å². The Morgan fingerprint density at radius 1 is 1.43 bits per heavy atom. The first-order valence-corrected chi connectivity index (χ1v) is 7.34. The van der Waals surface area contributed by atoms with Crippen LogP contribution < -0.4 is 5.56 Å². The van der Waals surface area contributed by atoms with E-state index in [2.05, 4.69) is 19.9 Å². The van der Waals surface area contributed by atoms with E-state index in [1.807, 2.05) is 31.7 Å². The third-order valence-corrected chi connectivity index (χ3v) is 3.86. The van der Waals surface area contributed by atoms with Gasteiger partial charge in [0.1, 0.15) is 5.82 Å². The van der Waals surface area contributed by atoms with Gasteiger partial charge in [-0.05, 0) is 0 Å². The Morgan fingerprint density at radius 2 is 2.24 bits per heavy atom. The molecule has 0 bridgehead atoms. The van der Waals surface area contributed by atoms with Crippen LogP contribution in [-0.2, 0) is 26.6 Å². The van der Waals surface area contributed by atoms with Gasteiger partial charge >= 0.3 is 0 Å². The van der Waals surface area contributed by atoms with Crippen molar-refractivity contribution >= 4 is 0 Å². The van der Waals surface area contributed by atoms with Crippen LogP contribution in [0.1, 0.15) is 42.5 Å². The van der Waals surface area contributed by atoms with Gasteiger partial charge in [-0.3, -0.25) is 9.69 Å². The summed E-state index contributed by atoms with van der Waals surface area (Å²) in [5.74, 6) is 1.03. The molecule has 0 spiro atoms. The zero-order valence-electron chi connectivity index (χ0n) is 12.8. The molecule has 0 saturated heterocycles. The highest BCUT2D eigenvalue weighted by atomic mass is 16.1. The van der Waals surface area contributed by atoms with Gasteiger partial charge in [-0.1, -0.05) is 13.8 Å². The summed E-state index contributed by atoms with van der Waals surface area (Å²) >= 11 is 0. The number of aromatic amines is 1. The lowest BCUT2D eigenvalue weighted by atomic mass is 10.1. The molecule has 0 aromatic carbocycles. The Morgan fingerprint density at radius 3 is 2.90 bits per heavy atom. The van der Waals surface area contributed by atoms with E-state index in [9.17, 15) is 4.79 Å². The summed E-state index contributed by atoms with van der Waals surface area (Å²) in [5, 5.41) is 0. The number of aryl methyl sites for hydroxylation is 1. The minimum Gasteiger partial charge on any atom is -0.340 e. The molecule has 1 N–H and O–H groups in total. The standard InChI is InChI=1S/C15H21N5O/c1-10(2)14-17-13-4-5-20(8-12(13)15(21)18-14)7-11-6-19(3)9-16-11/h6,9-10H,4-5,7-8H2,1-3H3,(H,17,18,21). The summed E-state index contributed by atoms with van der Waals surface area (Å²) in [5.41, 5.74) is 2.81. The Balaban J connectivity index is 1.81. The minimum atomic E-state index is 0.00872. The van der Waals surface area contributed by atoms with Crippen LogP contribution >= 0.6 is 0 Å². The number of hydrogen-bond donors (Lipinski definition) is 1. The third-order valence-electron chi connectivity index (χ3n) is 3.86. The number of imidazole rings is 1. The summed E-state index contributed by atoms with van der Waals surface area (Å²) in [4.78, 5) is 26.4. The Bertz CT molecular complexity index is 700. The number of fused-ring (bicyclic) bond motifs is 1. The molecule has 6 nitrogen and oxygen atoms in total. The van der Waals surface area contributed by atoms with E-state index in [1.165, 1.54) is 0 Å². The lowest BCUT2D eigenvalue weighted by Crippen LogP contribution is -2.36. The second-order valence-electron chi connectivity index (χ2n) is 6.02. The summed E-state index contributed by atoms with van der Waals surface area (Å²) in [6, 6.07) is 0. The molecule has 3 heterocycles. The van der Waals surface area contributed by atoms with Gasteiger partial charge in [-0.25, -0.2) is 9.97 Å². The van der Waals surface area contributed by atoms with Crippen molar-refractivity contribution in [1.82, 2.24) is 24.4 Å². The molecule has 2 aromatic rings. The summed E-state index contributed by atoms with van der Waals surface area (Å²) in [6.07, 6.45) is 4.64. The van der Waals surface area contributed by atoms with Gasteiger partial charge in [0.2, 0.25) is 0 Å². The van der Waals surface area contributed by atoms with Crippen LogP contribution in [0.25, 0.3) is 0 Å². The molecule has 0 unspecified atom stereocenters. The number of aromatic nitrogens is 4. The lowest BCUT2D eigenvalue weighted by Gasteiger charge is -2.27. The van der Waals surface area contributed by atoms with Crippen molar-refractivity contribution in [1.29, 1.82) is 0 Å². The molecule has 0 fully saturated rings. The number of hydrogen-bond acceptors (Lipinski definition) is 4. The fraction of sp³-hybridized carbons (Fsp3) is 0.533. The Hall–Kier alpha value is -1.95. The quantitative estimate of drug-likeness (QED) is 0.920. The maximum Gasteiger partial charge on any atom is 0.255 e. The molecule has 0 atom stereocenters. The highest BCUT2D eigenvalue weighted by Gasteiger charge is 2.22. The smallest absolute Gasteiger partial charge is 0.255 e. The van der Waals surface area contributed by atoms with E-state index in [-0.39, 0.29) is 11.5 Å². The topological polar surface area (TPSA) is 66.8 Å². The van der Waals surface area contributed by atoms with Crippen molar-refractivity contribution in [2.45, 2.75) is 39.3 Å². The molecule has 0 amide bonds. The van der Waals surface area contributed by atoms with E-state index >= 15 is 0 Å². The molecule has 2 aromatic heterocycles. The van der Waals surface area contributed by atoms with Crippen molar-refractivity contribution in [2.75, 3.05) is 6.54 Å². The zero-order chi connectivity index (χ0) is 15.0. The maximum atomic E-state index is 12.2. The maximum absolute atomic E-state index is 12.2. The number of rotatable bonds is 3. The molecule has 3 rings (SSSR count). The summed E-state index contributed by atoms with van der Waals surface area (Å²) in [6.45, 7) is 6.41. The van der Waals surface area contributed by atoms with E-state index in [0.29, 0.717) is 6.54 Å². The van der Waals surface area contributed by atoms with Crippen LogP contribution in [-0.4, -0.2) is 31.0 Å². The van der Waals surface area contributed by atoms with Crippen molar-refractivity contribution < 1.29 is 0 Å². The second kappa shape index (κ2) is 5.44. The summed E-state index contributed by atoms with van der Waals surface area (Å²) in [7, 11) is 1.96. The van der Waals surface area contributed by atoms with Crippen molar-refractivity contribution in [3.05, 3.63) is 45.7 Å². The van der Waals surface area contributed by atoms with Gasteiger partial charge in [0.05, 0.1) is 23.3 Å². The van der Waals surface area contributed by atoms with Gasteiger partial charge in [0.25, 0.3) is 5.56 Å². The van der Waals surface area contributed by atoms with E-state index in [0.717, 1.165) is 42.3 Å². The molecule has 0 radical (unpaired) electrons. The normalized spacial score (nSPS) is 15.4. The van der Waals surface area contributed by atoms with Crippen LogP contribution in [0.15, 0.2) is 17.3 Å². The van der Waals surface area contributed by atoms with Crippen LogP contribution in [0, 0.1) is 0 Å². The number of nitrogens with zero attached hydrogens (tertiary/aromatic N) is 4. The van der Waals surface area contributed by atoms with Crippen molar-refractivity contribution in [3.63, 3.8) is 0 Å². The van der Waals surface area contributed by atoms with Gasteiger partial charge in [-0.15, -0.1) is 0 Å². The van der Waals surface area contributed by atoms with Crippen molar-refractivity contribution in [3.8, 4) is 0 Å². The fourth-order valence-corrected chi connectivity index (χ4v) is 2.69. The fourth-order valence-electron chi connectivity index (χ4n) is 2.69. The number of nitrogens with one attached hydrogen (secondary N) is 1. The Labute approximate surface area is 123 Å². The first kappa shape index (κ1) is 14.0. The molecule has 1 aliphatic rings. The SMILES string of the molecule is CC(C)c1nc2c(c(=O)[nH]1)CN(Cc1cn(C)cn1)CC2. The van der Waals surface area contributed by atoms with E-state index < -0.39 is 0 Å². The van der Waals surface area contributed by atoms with Crippen LogP contribution in [0.2, 0.25) is 0 Å². The van der Waals surface area contributed by atoms with Crippen LogP contribution in [0.4, 0.5) is 0 Å². The predicted octanol–water partition coefficient (Wildman–Crippen LogP) is 1.19. The van der Waals surface area contributed by atoms with Crippen LogP contribution in [0.5, 0.6) is 0 Å². The first-order chi connectivity index (χ1) is 10.0. The molecule has 0 aliphatic carbocycles. The summed E-state index contributed by atoms with van der Waals surface area (Å²) < 4.78 is 1.94. The number of H-pyrrole nitrogens is 1. The van der Waals surface area contributed by atoms with Gasteiger partial charge < -0.3 is 9.55 Å². The van der Waals surface area contributed by atoms with Gasteiger partial charge in [0.15, 0.2) is 0 Å². The third kappa shape index (κ3) is 2.90. The molecule has 0 saturated carbocycles. The average Bonchev–Trinajstić information content (AvgIpc) is 2.84. The van der Waals surface area contributed by atoms with Gasteiger partial charge in [-0.2, -0.15) is 0 Å². The minimum absolute atomic E-state index is 0.00872. The molecule has 21 heavy (non-hydrogen) atoms. The Kier molecular flexibility index (Phi) is 3.63. The van der Waals surface area contributed by atoms with Crippen LogP contribution in [0.3, 0.4) is 0 Å². The zero-order valence-corrected chi connectivity index (χ0v) is 12.8. The molecular formula is C15H21N5O. The largest absolute Gasteiger partial charge is 0.340 e. The monoisotopic (exact) mass is 287 g/mol. The molecule has 6 heteroatoms. The lowest BCUT2D eigenvalue weighted by molar-refractivity contribution is 0.238. The predicted molar refractivity (Wildman–Crippen MR) is 80.0 cm³/mol. The highest BCUT2D eigenvalue weighted by molar-refractivity contribution is 5.21. The van der Waals surface area contributed by atoms with Gasteiger partial charge in [0, 0.05) is 45.2 Å².